The van der Waals surface area contributed by atoms with Crippen LogP contribution in [0.25, 0.3) is 0 Å². The molecule has 0 saturated carbocycles. The molecule has 0 spiro atoms. The Hall–Kier alpha value is -2.53. The molecule has 1 aliphatic heterocycles. The maximum Gasteiger partial charge on any atom is 0.246 e. The van der Waals surface area contributed by atoms with E-state index in [0.717, 1.165) is 5.56 Å². The van der Waals surface area contributed by atoms with Crippen molar-refractivity contribution < 1.29 is 9.18 Å². The van der Waals surface area contributed by atoms with Gasteiger partial charge in [-0.1, -0.05) is 18.2 Å². The van der Waals surface area contributed by atoms with E-state index < -0.39 is 0 Å². The number of halogens is 1. The first-order valence-electron chi connectivity index (χ1n) is 6.61. The van der Waals surface area contributed by atoms with Gasteiger partial charge in [-0.25, -0.2) is 4.39 Å². The van der Waals surface area contributed by atoms with Crippen LogP contribution in [0.2, 0.25) is 0 Å². The molecule has 0 aromatic heterocycles. The number of anilines is 1. The van der Waals surface area contributed by atoms with E-state index in [2.05, 4.69) is 10.3 Å². The van der Waals surface area contributed by atoms with E-state index in [4.69, 9.17) is 5.73 Å². The third-order valence-electron chi connectivity index (χ3n) is 3.36. The molecule has 3 rings (SSSR count). The molecule has 106 valence electrons. The van der Waals surface area contributed by atoms with Gasteiger partial charge in [-0.3, -0.25) is 9.79 Å². The number of rotatable bonds is 2. The molecule has 21 heavy (non-hydrogen) atoms. The van der Waals surface area contributed by atoms with Gasteiger partial charge in [0.25, 0.3) is 0 Å². The highest BCUT2D eigenvalue weighted by atomic mass is 19.1. The normalized spacial score (nSPS) is 14.0. The van der Waals surface area contributed by atoms with Gasteiger partial charge in [-0.15, -0.1) is 0 Å². The van der Waals surface area contributed by atoms with E-state index in [0.29, 0.717) is 29.1 Å². The lowest BCUT2D eigenvalue weighted by Crippen LogP contribution is -2.13. The Labute approximate surface area is 121 Å². The molecule has 2 aromatic rings. The maximum atomic E-state index is 14.1. The predicted octanol–water partition coefficient (Wildman–Crippen LogP) is 2.07. The second-order valence-electron chi connectivity index (χ2n) is 4.78. The van der Waals surface area contributed by atoms with Crippen LogP contribution in [-0.2, 0) is 11.3 Å². The van der Waals surface area contributed by atoms with Crippen molar-refractivity contribution in [3.05, 3.63) is 65.0 Å². The van der Waals surface area contributed by atoms with Crippen LogP contribution in [0, 0.1) is 5.82 Å². The minimum atomic E-state index is -0.366. The fraction of sp³-hybridized carbons (Fsp3) is 0.125. The van der Waals surface area contributed by atoms with Crippen LogP contribution in [0.15, 0.2) is 47.5 Å². The second-order valence-corrected chi connectivity index (χ2v) is 4.78. The fourth-order valence-corrected chi connectivity index (χ4v) is 2.33. The van der Waals surface area contributed by atoms with Crippen molar-refractivity contribution in [2.75, 3.05) is 11.9 Å². The number of carbonyl (C=O) groups is 1. The average Bonchev–Trinajstić information content (AvgIpc) is 2.65. The Bertz CT molecular complexity index is 740. The number of hydrogen-bond donors (Lipinski definition) is 2. The molecule has 1 amide bonds. The number of nitrogens with zero attached hydrogens (tertiary/aromatic N) is 1. The van der Waals surface area contributed by atoms with Gasteiger partial charge in [0.15, 0.2) is 0 Å². The predicted molar refractivity (Wildman–Crippen MR) is 79.9 cm³/mol. The molecule has 0 radical (unpaired) electrons. The summed E-state index contributed by atoms with van der Waals surface area (Å²) in [6.45, 7) is 0.335. The Morgan fingerprint density at radius 2 is 2.00 bits per heavy atom. The molecule has 0 fully saturated rings. The minimum absolute atomic E-state index is 0.0314. The second kappa shape index (κ2) is 5.46. The Morgan fingerprint density at radius 1 is 1.19 bits per heavy atom. The summed E-state index contributed by atoms with van der Waals surface area (Å²) in [6.07, 6.45) is 0. The number of benzene rings is 2. The van der Waals surface area contributed by atoms with Crippen molar-refractivity contribution in [3.8, 4) is 0 Å². The first-order chi connectivity index (χ1) is 10.2. The summed E-state index contributed by atoms with van der Waals surface area (Å²) in [5.41, 5.74) is 8.72. The number of carbonyl (C=O) groups excluding carboxylic acids is 1. The van der Waals surface area contributed by atoms with Crippen LogP contribution >= 0.6 is 0 Å². The van der Waals surface area contributed by atoms with Gasteiger partial charge in [0, 0.05) is 17.7 Å². The average molecular weight is 283 g/mol. The number of hydrogen-bond acceptors (Lipinski definition) is 3. The van der Waals surface area contributed by atoms with Gasteiger partial charge in [0.1, 0.15) is 12.4 Å². The minimum Gasteiger partial charge on any atom is -0.326 e. The summed E-state index contributed by atoms with van der Waals surface area (Å²) in [4.78, 5) is 16.0. The molecule has 0 aliphatic carbocycles. The van der Waals surface area contributed by atoms with Gasteiger partial charge in [-0.2, -0.15) is 0 Å². The molecule has 3 N–H and O–H groups in total. The number of fused-ring (bicyclic) bond motifs is 1. The molecular formula is C16H14FN3O. The van der Waals surface area contributed by atoms with E-state index in [1.807, 2.05) is 12.1 Å². The number of amides is 1. The van der Waals surface area contributed by atoms with Crippen LogP contribution in [0.5, 0.6) is 0 Å². The van der Waals surface area contributed by atoms with E-state index in [9.17, 15) is 9.18 Å². The van der Waals surface area contributed by atoms with Gasteiger partial charge < -0.3 is 11.1 Å². The quantitative estimate of drug-likeness (QED) is 0.886. The summed E-state index contributed by atoms with van der Waals surface area (Å²) in [6, 6.07) is 11.9. The zero-order valence-corrected chi connectivity index (χ0v) is 11.3. The molecule has 0 unspecified atom stereocenters. The topological polar surface area (TPSA) is 67.5 Å². The summed E-state index contributed by atoms with van der Waals surface area (Å²) in [5.74, 6) is -0.585. The first kappa shape index (κ1) is 13.5. The lowest BCUT2D eigenvalue weighted by molar-refractivity contribution is -0.114. The molecule has 1 aliphatic rings. The van der Waals surface area contributed by atoms with Crippen LogP contribution < -0.4 is 11.1 Å². The lowest BCUT2D eigenvalue weighted by Gasteiger charge is -2.12. The highest BCUT2D eigenvalue weighted by Gasteiger charge is 2.20. The van der Waals surface area contributed by atoms with E-state index in [-0.39, 0.29) is 18.3 Å². The number of aliphatic imine (C=N–C) groups is 1. The molecule has 0 bridgehead atoms. The number of nitrogens with one attached hydrogen (secondary N) is 1. The molecule has 5 heteroatoms. The van der Waals surface area contributed by atoms with Crippen LogP contribution in [0.3, 0.4) is 0 Å². The fourth-order valence-electron chi connectivity index (χ4n) is 2.33. The van der Waals surface area contributed by atoms with Gasteiger partial charge in [-0.05, 0) is 29.8 Å². The van der Waals surface area contributed by atoms with Gasteiger partial charge in [0.05, 0.1) is 11.4 Å². The Kier molecular flexibility index (Phi) is 3.50. The lowest BCUT2D eigenvalue weighted by atomic mass is 9.98. The highest BCUT2D eigenvalue weighted by molar-refractivity contribution is 6.19. The molecule has 1 heterocycles. The molecular weight excluding hydrogens is 269 g/mol. The van der Waals surface area contributed by atoms with Gasteiger partial charge in [0.2, 0.25) is 5.91 Å². The number of benzodiazepines with no additional fused rings is 1. The first-order valence-corrected chi connectivity index (χ1v) is 6.61. The monoisotopic (exact) mass is 283 g/mol. The third kappa shape index (κ3) is 2.55. The van der Waals surface area contributed by atoms with E-state index in [1.165, 1.54) is 6.07 Å². The van der Waals surface area contributed by atoms with E-state index in [1.54, 1.807) is 24.3 Å². The Balaban J connectivity index is 2.21. The van der Waals surface area contributed by atoms with Crippen molar-refractivity contribution >= 4 is 17.3 Å². The van der Waals surface area contributed by atoms with Crippen molar-refractivity contribution in [1.82, 2.24) is 0 Å². The van der Waals surface area contributed by atoms with Crippen LogP contribution in [0.4, 0.5) is 10.1 Å². The van der Waals surface area contributed by atoms with Crippen molar-refractivity contribution in [2.24, 2.45) is 10.7 Å². The zero-order valence-electron chi connectivity index (χ0n) is 11.3. The number of nitrogens with two attached hydrogens (primary N) is 1. The molecule has 0 saturated heterocycles. The summed E-state index contributed by atoms with van der Waals surface area (Å²) >= 11 is 0. The van der Waals surface area contributed by atoms with Crippen molar-refractivity contribution in [2.45, 2.75) is 6.54 Å². The summed E-state index contributed by atoms with van der Waals surface area (Å²) in [5, 5.41) is 2.78. The molecule has 2 aromatic carbocycles. The van der Waals surface area contributed by atoms with Crippen molar-refractivity contribution in [1.29, 1.82) is 0 Å². The van der Waals surface area contributed by atoms with Crippen LogP contribution in [-0.4, -0.2) is 18.2 Å². The largest absolute Gasteiger partial charge is 0.326 e. The maximum absolute atomic E-state index is 14.1. The molecule has 0 atom stereocenters. The molecule has 4 nitrogen and oxygen atoms in total. The van der Waals surface area contributed by atoms with Crippen LogP contribution in [0.1, 0.15) is 16.7 Å². The zero-order chi connectivity index (χ0) is 14.8. The summed E-state index contributed by atoms with van der Waals surface area (Å²) < 4.78 is 14.1. The Morgan fingerprint density at radius 3 is 2.76 bits per heavy atom. The van der Waals surface area contributed by atoms with Crippen molar-refractivity contribution in [3.63, 3.8) is 0 Å². The van der Waals surface area contributed by atoms with Gasteiger partial charge >= 0.3 is 0 Å². The third-order valence-corrected chi connectivity index (χ3v) is 3.36. The SMILES string of the molecule is NCc1ccc2c(c1)C(c1ccccc1F)=NCC(=O)N2. The standard InChI is InChI=1S/C16H14FN3O/c17-13-4-2-1-3-11(13)16-12-7-10(8-18)5-6-14(12)20-15(21)9-19-16/h1-7H,8-9,18H2,(H,20,21). The highest BCUT2D eigenvalue weighted by Crippen LogP contribution is 2.25. The smallest absolute Gasteiger partial charge is 0.246 e. The summed E-state index contributed by atoms with van der Waals surface area (Å²) in [7, 11) is 0. The van der Waals surface area contributed by atoms with E-state index >= 15 is 0 Å².